The zero-order chi connectivity index (χ0) is 14.8. The summed E-state index contributed by atoms with van der Waals surface area (Å²) >= 11 is 0. The molecular formula is C14H25N3O3. The van der Waals surface area contributed by atoms with Gasteiger partial charge in [0.25, 0.3) is 0 Å². The number of nitrogens with zero attached hydrogens (tertiary/aromatic N) is 2. The first-order valence-electron chi connectivity index (χ1n) is 7.35. The lowest BCUT2D eigenvalue weighted by atomic mass is 9.80. The summed E-state index contributed by atoms with van der Waals surface area (Å²) in [7, 11) is 2.10. The van der Waals surface area contributed by atoms with Gasteiger partial charge >= 0.3 is 12.0 Å². The minimum absolute atomic E-state index is 0.0491. The molecule has 1 unspecified atom stereocenters. The van der Waals surface area contributed by atoms with Crippen LogP contribution in [0.5, 0.6) is 0 Å². The van der Waals surface area contributed by atoms with Gasteiger partial charge in [-0.25, -0.2) is 4.79 Å². The fourth-order valence-corrected chi connectivity index (χ4v) is 2.95. The van der Waals surface area contributed by atoms with E-state index < -0.39 is 11.4 Å². The number of carboxylic acids is 1. The summed E-state index contributed by atoms with van der Waals surface area (Å²) in [5.41, 5.74) is -0.676. The molecule has 0 aromatic carbocycles. The van der Waals surface area contributed by atoms with Crippen molar-refractivity contribution < 1.29 is 14.7 Å². The molecule has 0 aromatic heterocycles. The maximum atomic E-state index is 12.1. The second kappa shape index (κ2) is 5.99. The minimum Gasteiger partial charge on any atom is -0.481 e. The van der Waals surface area contributed by atoms with E-state index in [1.165, 1.54) is 0 Å². The second-order valence-corrected chi connectivity index (χ2v) is 6.46. The van der Waals surface area contributed by atoms with E-state index in [-0.39, 0.29) is 6.03 Å². The van der Waals surface area contributed by atoms with E-state index >= 15 is 0 Å². The molecule has 2 amide bonds. The Hall–Kier alpha value is -1.30. The van der Waals surface area contributed by atoms with Crippen LogP contribution in [0.25, 0.3) is 0 Å². The van der Waals surface area contributed by atoms with E-state index in [1.54, 1.807) is 11.8 Å². The Balaban J connectivity index is 1.73. The molecule has 6 heteroatoms. The van der Waals surface area contributed by atoms with Crippen LogP contribution in [-0.2, 0) is 4.79 Å². The maximum absolute atomic E-state index is 12.1. The Morgan fingerprint density at radius 1 is 1.30 bits per heavy atom. The molecule has 0 aromatic rings. The molecule has 2 saturated heterocycles. The summed E-state index contributed by atoms with van der Waals surface area (Å²) in [6.07, 6.45) is 2.19. The molecule has 2 heterocycles. The molecule has 20 heavy (non-hydrogen) atoms. The van der Waals surface area contributed by atoms with Crippen molar-refractivity contribution in [2.45, 2.75) is 26.2 Å². The highest BCUT2D eigenvalue weighted by Gasteiger charge is 2.38. The summed E-state index contributed by atoms with van der Waals surface area (Å²) in [5, 5.41) is 12.2. The third-order valence-corrected chi connectivity index (χ3v) is 4.70. The smallest absolute Gasteiger partial charge is 0.317 e. The molecule has 2 aliphatic heterocycles. The van der Waals surface area contributed by atoms with Crippen molar-refractivity contribution in [2.75, 3.05) is 39.8 Å². The van der Waals surface area contributed by atoms with Gasteiger partial charge in [-0.05, 0) is 45.7 Å². The third kappa shape index (κ3) is 3.42. The van der Waals surface area contributed by atoms with Gasteiger partial charge in [0.05, 0.1) is 5.41 Å². The highest BCUT2D eigenvalue weighted by atomic mass is 16.4. The van der Waals surface area contributed by atoms with Crippen LogP contribution >= 0.6 is 0 Å². The topological polar surface area (TPSA) is 72.9 Å². The number of rotatable bonds is 3. The van der Waals surface area contributed by atoms with Crippen LogP contribution in [0.15, 0.2) is 0 Å². The first kappa shape index (κ1) is 15.1. The molecule has 0 bridgehead atoms. The average Bonchev–Trinajstić information content (AvgIpc) is 2.82. The molecule has 2 fully saturated rings. The summed E-state index contributed by atoms with van der Waals surface area (Å²) in [5.74, 6) is -0.218. The molecular weight excluding hydrogens is 258 g/mol. The number of hydrogen-bond donors (Lipinski definition) is 2. The molecule has 114 valence electrons. The maximum Gasteiger partial charge on any atom is 0.317 e. The van der Waals surface area contributed by atoms with Gasteiger partial charge in [-0.15, -0.1) is 0 Å². The van der Waals surface area contributed by atoms with Crippen molar-refractivity contribution in [2.24, 2.45) is 11.3 Å². The molecule has 0 radical (unpaired) electrons. The number of likely N-dealkylation sites (tertiary alicyclic amines) is 2. The van der Waals surface area contributed by atoms with Crippen LogP contribution in [0.1, 0.15) is 26.2 Å². The fourth-order valence-electron chi connectivity index (χ4n) is 2.95. The summed E-state index contributed by atoms with van der Waals surface area (Å²) < 4.78 is 0. The molecule has 0 aliphatic carbocycles. The van der Waals surface area contributed by atoms with Gasteiger partial charge in [-0.1, -0.05) is 0 Å². The van der Waals surface area contributed by atoms with Crippen LogP contribution < -0.4 is 5.32 Å². The number of carbonyl (C=O) groups is 2. The van der Waals surface area contributed by atoms with E-state index in [0.717, 1.165) is 26.1 Å². The summed E-state index contributed by atoms with van der Waals surface area (Å²) in [4.78, 5) is 27.2. The molecule has 2 rings (SSSR count). The van der Waals surface area contributed by atoms with Crippen LogP contribution in [0, 0.1) is 11.3 Å². The Morgan fingerprint density at radius 2 is 1.95 bits per heavy atom. The number of piperidine rings is 1. The molecule has 2 aliphatic rings. The SMILES string of the molecule is CN1CCC(CNC(=O)N2CCC(C)(C(=O)O)CC2)C1. The lowest BCUT2D eigenvalue weighted by Crippen LogP contribution is -2.49. The highest BCUT2D eigenvalue weighted by molar-refractivity contribution is 5.76. The molecule has 1 atom stereocenters. The number of nitrogens with one attached hydrogen (secondary N) is 1. The average molecular weight is 283 g/mol. The van der Waals surface area contributed by atoms with E-state index in [9.17, 15) is 14.7 Å². The lowest BCUT2D eigenvalue weighted by molar-refractivity contribution is -0.150. The van der Waals surface area contributed by atoms with Gasteiger partial charge in [0.1, 0.15) is 0 Å². The van der Waals surface area contributed by atoms with Crippen LogP contribution in [-0.4, -0.2) is 66.7 Å². The predicted molar refractivity (Wildman–Crippen MR) is 75.6 cm³/mol. The third-order valence-electron chi connectivity index (χ3n) is 4.70. The number of carbonyl (C=O) groups excluding carboxylic acids is 1. The first-order valence-corrected chi connectivity index (χ1v) is 7.35. The quantitative estimate of drug-likeness (QED) is 0.805. The number of carboxylic acid groups (broad SMARTS) is 1. The normalized spacial score (nSPS) is 26.5. The van der Waals surface area contributed by atoms with Crippen LogP contribution in [0.4, 0.5) is 4.79 Å². The zero-order valence-corrected chi connectivity index (χ0v) is 12.4. The molecule has 0 spiro atoms. The van der Waals surface area contributed by atoms with Crippen molar-refractivity contribution in [1.82, 2.24) is 15.1 Å². The number of aliphatic carboxylic acids is 1. The number of urea groups is 1. The summed E-state index contributed by atoms with van der Waals surface area (Å²) in [6.45, 7) is 5.67. The zero-order valence-electron chi connectivity index (χ0n) is 12.4. The fraction of sp³-hybridized carbons (Fsp3) is 0.857. The van der Waals surface area contributed by atoms with Crippen molar-refractivity contribution in [3.05, 3.63) is 0 Å². The van der Waals surface area contributed by atoms with Crippen molar-refractivity contribution in [3.8, 4) is 0 Å². The lowest BCUT2D eigenvalue weighted by Gasteiger charge is -2.36. The second-order valence-electron chi connectivity index (χ2n) is 6.46. The Kier molecular flexibility index (Phi) is 4.52. The minimum atomic E-state index is -0.758. The highest BCUT2D eigenvalue weighted by Crippen LogP contribution is 2.30. The van der Waals surface area contributed by atoms with Crippen molar-refractivity contribution >= 4 is 12.0 Å². The van der Waals surface area contributed by atoms with Crippen LogP contribution in [0.3, 0.4) is 0 Å². The van der Waals surface area contributed by atoms with Gasteiger partial charge in [0.15, 0.2) is 0 Å². The molecule has 2 N–H and O–H groups in total. The van der Waals surface area contributed by atoms with Gasteiger partial charge in [0.2, 0.25) is 0 Å². The monoisotopic (exact) mass is 283 g/mol. The van der Waals surface area contributed by atoms with Crippen molar-refractivity contribution in [1.29, 1.82) is 0 Å². The van der Waals surface area contributed by atoms with Crippen LogP contribution in [0.2, 0.25) is 0 Å². The van der Waals surface area contributed by atoms with Gasteiger partial charge in [-0.3, -0.25) is 4.79 Å². The van der Waals surface area contributed by atoms with E-state index in [0.29, 0.717) is 31.8 Å². The van der Waals surface area contributed by atoms with Gasteiger partial charge < -0.3 is 20.2 Å². The Bertz CT molecular complexity index is 378. The number of hydrogen-bond acceptors (Lipinski definition) is 3. The van der Waals surface area contributed by atoms with Gasteiger partial charge in [-0.2, -0.15) is 0 Å². The van der Waals surface area contributed by atoms with Gasteiger partial charge in [0, 0.05) is 26.2 Å². The van der Waals surface area contributed by atoms with Crippen molar-refractivity contribution in [3.63, 3.8) is 0 Å². The molecule has 6 nitrogen and oxygen atoms in total. The van der Waals surface area contributed by atoms with E-state index in [2.05, 4.69) is 17.3 Å². The number of amides is 2. The van der Waals surface area contributed by atoms with E-state index in [4.69, 9.17) is 0 Å². The first-order chi connectivity index (χ1) is 9.40. The van der Waals surface area contributed by atoms with E-state index in [1.807, 2.05) is 0 Å². The standard InChI is InChI=1S/C14H25N3O3/c1-14(12(18)19)4-7-17(8-5-14)13(20)15-9-11-3-6-16(2)10-11/h11H,3-10H2,1-2H3,(H,15,20)(H,18,19). The largest absolute Gasteiger partial charge is 0.481 e. The molecule has 0 saturated carbocycles. The Morgan fingerprint density at radius 3 is 2.45 bits per heavy atom. The Labute approximate surface area is 120 Å². The predicted octanol–water partition coefficient (Wildman–Crippen LogP) is 0.834. The summed E-state index contributed by atoms with van der Waals surface area (Å²) in [6, 6.07) is -0.0491.